The smallest absolute Gasteiger partial charge is 0.407 e. The minimum Gasteiger partial charge on any atom is -0.482 e. The lowest BCUT2D eigenvalue weighted by Gasteiger charge is -2.36. The van der Waals surface area contributed by atoms with Crippen molar-refractivity contribution in [3.63, 3.8) is 0 Å². The number of hydrogen-bond acceptors (Lipinski definition) is 6. The van der Waals surface area contributed by atoms with Crippen LogP contribution in [0.5, 0.6) is 5.75 Å². The van der Waals surface area contributed by atoms with Crippen LogP contribution in [-0.2, 0) is 38.1 Å². The maximum Gasteiger partial charge on any atom is 0.407 e. The Morgan fingerprint density at radius 1 is 0.935 bits per heavy atom. The van der Waals surface area contributed by atoms with Gasteiger partial charge in [-0.25, -0.2) is 9.59 Å². The average Bonchev–Trinajstić information content (AvgIpc) is 3.42. The summed E-state index contributed by atoms with van der Waals surface area (Å²) in [5.41, 5.74) is 3.50. The molecule has 0 aromatic heterocycles. The van der Waals surface area contributed by atoms with Gasteiger partial charge in [0, 0.05) is 13.2 Å². The van der Waals surface area contributed by atoms with Crippen molar-refractivity contribution in [2.24, 2.45) is 17.8 Å². The molecule has 2 aromatic carbocycles. The number of alkyl carbamates (subject to hydrolysis) is 1. The highest BCUT2D eigenvalue weighted by atomic mass is 28.4. The van der Waals surface area contributed by atoms with E-state index in [0.717, 1.165) is 87.2 Å². The summed E-state index contributed by atoms with van der Waals surface area (Å²) in [5.74, 6) is 1.86. The summed E-state index contributed by atoms with van der Waals surface area (Å²) in [6, 6.07) is 19.4. The Morgan fingerprint density at radius 3 is 2.39 bits per heavy atom. The molecule has 5 atom stereocenters. The zero-order chi connectivity index (χ0) is 32.9. The molecule has 8 heteroatoms. The van der Waals surface area contributed by atoms with Crippen LogP contribution >= 0.6 is 0 Å². The molecule has 4 rings (SSSR count). The Bertz CT molecular complexity index is 1230. The van der Waals surface area contributed by atoms with Gasteiger partial charge in [0.05, 0.1) is 0 Å². The van der Waals surface area contributed by atoms with E-state index in [2.05, 4.69) is 39.1 Å². The van der Waals surface area contributed by atoms with Crippen molar-refractivity contribution in [3.8, 4) is 5.75 Å². The first-order valence-electron chi connectivity index (χ1n) is 17.8. The third-order valence-electron chi connectivity index (χ3n) is 10.7. The summed E-state index contributed by atoms with van der Waals surface area (Å²) >= 11 is 0. The molecule has 7 nitrogen and oxygen atoms in total. The zero-order valence-electron chi connectivity index (χ0n) is 28.9. The molecule has 2 aliphatic rings. The molecule has 0 bridgehead atoms. The van der Waals surface area contributed by atoms with Gasteiger partial charge in [0.25, 0.3) is 0 Å². The second-order valence-electron chi connectivity index (χ2n) is 13.3. The van der Waals surface area contributed by atoms with Crippen LogP contribution in [0.4, 0.5) is 4.79 Å². The number of hydrogen-bond donors (Lipinski definition) is 1. The Morgan fingerprint density at radius 2 is 1.70 bits per heavy atom. The van der Waals surface area contributed by atoms with Crippen molar-refractivity contribution in [1.82, 2.24) is 5.32 Å². The molecular formula is C38H57NO6Si. The number of carbonyl (C=O) groups is 2. The first kappa shape index (κ1) is 36.0. The number of unbranched alkanes of at least 4 members (excludes halogenated alkanes) is 2. The highest BCUT2D eigenvalue weighted by Gasteiger charge is 2.48. The second kappa shape index (κ2) is 17.9. The van der Waals surface area contributed by atoms with E-state index in [1.54, 1.807) is 7.05 Å². The molecule has 0 spiro atoms. The SMILES string of the molecule is CCCCC[C@@H](CC[C@H]1C(O[Si](CC)(CC)CC)CC2Cc3c(cccc3OCC(=O)OCc3ccccc3)C[C@@H]21)OC(=O)NC. The van der Waals surface area contributed by atoms with Crippen molar-refractivity contribution >= 4 is 20.4 Å². The largest absolute Gasteiger partial charge is 0.482 e. The fourth-order valence-corrected chi connectivity index (χ4v) is 10.7. The lowest BCUT2D eigenvalue weighted by Crippen LogP contribution is -2.42. The van der Waals surface area contributed by atoms with Gasteiger partial charge in [-0.1, -0.05) is 83.0 Å². The number of nitrogens with one attached hydrogen (secondary N) is 1. The van der Waals surface area contributed by atoms with Crippen LogP contribution in [0.25, 0.3) is 0 Å². The summed E-state index contributed by atoms with van der Waals surface area (Å²) in [6.45, 7) is 9.27. The fourth-order valence-electron chi connectivity index (χ4n) is 7.76. The summed E-state index contributed by atoms with van der Waals surface area (Å²) in [5, 5.41) is 2.65. The quantitative estimate of drug-likeness (QED) is 0.0987. The molecule has 1 amide bonds. The first-order chi connectivity index (χ1) is 22.3. The van der Waals surface area contributed by atoms with Crippen molar-refractivity contribution in [2.75, 3.05) is 13.7 Å². The van der Waals surface area contributed by atoms with Crippen LogP contribution in [0.1, 0.15) is 89.3 Å². The van der Waals surface area contributed by atoms with Gasteiger partial charge >= 0.3 is 12.1 Å². The highest BCUT2D eigenvalue weighted by Crippen LogP contribution is 2.50. The molecule has 0 saturated heterocycles. The van der Waals surface area contributed by atoms with E-state index in [4.69, 9.17) is 18.6 Å². The third-order valence-corrected chi connectivity index (χ3v) is 15.3. The standard InChI is InChI=1S/C38H57NO6Si/c1-6-10-12-19-31(44-38(41)39-5)21-22-32-33-23-29-18-15-20-35(42-27-37(40)43-26-28-16-13-11-14-17-28)34(29)24-30(33)25-36(32)45-46(7-2,8-3)9-4/h11,13-18,20,30-33,36H,6-10,12,19,21-27H2,1-5H3,(H,39,41)/t30?,31-,32+,33-,36?/m0/s1. The Hall–Kier alpha value is -2.84. The van der Waals surface area contributed by atoms with Gasteiger partial charge in [0.15, 0.2) is 14.9 Å². The van der Waals surface area contributed by atoms with Crippen LogP contribution in [0.15, 0.2) is 48.5 Å². The maximum absolute atomic E-state index is 12.5. The molecule has 1 fully saturated rings. The number of carbonyl (C=O) groups excluding carboxylic acids is 2. The van der Waals surface area contributed by atoms with Gasteiger partial charge in [-0.05, 0) is 104 Å². The van der Waals surface area contributed by atoms with Crippen LogP contribution < -0.4 is 10.1 Å². The molecular weight excluding hydrogens is 595 g/mol. The fraction of sp³-hybridized carbons (Fsp3) is 0.632. The van der Waals surface area contributed by atoms with Crippen LogP contribution in [0.3, 0.4) is 0 Å². The third kappa shape index (κ3) is 9.60. The lowest BCUT2D eigenvalue weighted by molar-refractivity contribution is -0.147. The van der Waals surface area contributed by atoms with E-state index < -0.39 is 8.32 Å². The zero-order valence-corrected chi connectivity index (χ0v) is 29.9. The molecule has 1 N–H and O–H groups in total. The Kier molecular flexibility index (Phi) is 14.0. The lowest BCUT2D eigenvalue weighted by atomic mass is 9.73. The van der Waals surface area contributed by atoms with E-state index in [1.165, 1.54) is 11.1 Å². The molecule has 0 heterocycles. The van der Waals surface area contributed by atoms with Crippen LogP contribution in [0, 0.1) is 17.8 Å². The number of amides is 1. The normalized spacial score (nSPS) is 21.2. The monoisotopic (exact) mass is 651 g/mol. The minimum absolute atomic E-state index is 0.0748. The molecule has 2 unspecified atom stereocenters. The summed E-state index contributed by atoms with van der Waals surface area (Å²) in [6.07, 6.45) is 8.91. The topological polar surface area (TPSA) is 83.1 Å². The Labute approximate surface area is 278 Å². The van der Waals surface area contributed by atoms with E-state index in [9.17, 15) is 9.59 Å². The molecule has 46 heavy (non-hydrogen) atoms. The van der Waals surface area contributed by atoms with Gasteiger partial charge < -0.3 is 24.0 Å². The van der Waals surface area contributed by atoms with Crippen LogP contribution in [-0.4, -0.2) is 46.2 Å². The molecule has 2 aliphatic carbocycles. The van der Waals surface area contributed by atoms with Gasteiger partial charge in [0.1, 0.15) is 18.5 Å². The van der Waals surface area contributed by atoms with E-state index >= 15 is 0 Å². The van der Waals surface area contributed by atoms with E-state index in [1.807, 2.05) is 42.5 Å². The minimum atomic E-state index is -1.82. The van der Waals surface area contributed by atoms with Gasteiger partial charge in [-0.3, -0.25) is 0 Å². The number of benzene rings is 2. The summed E-state index contributed by atoms with van der Waals surface area (Å²) < 4.78 is 24.7. The van der Waals surface area contributed by atoms with E-state index in [-0.39, 0.29) is 37.5 Å². The number of fused-ring (bicyclic) bond motifs is 2. The van der Waals surface area contributed by atoms with Crippen molar-refractivity contribution in [3.05, 3.63) is 65.2 Å². The Balaban J connectivity index is 1.48. The molecule has 2 aromatic rings. The summed E-state index contributed by atoms with van der Waals surface area (Å²) in [7, 11) is -0.191. The number of rotatable bonds is 18. The molecule has 254 valence electrons. The number of ether oxygens (including phenoxy) is 3. The van der Waals surface area contributed by atoms with Crippen LogP contribution in [0.2, 0.25) is 18.1 Å². The predicted molar refractivity (Wildman–Crippen MR) is 185 cm³/mol. The summed E-state index contributed by atoms with van der Waals surface area (Å²) in [4.78, 5) is 24.8. The highest BCUT2D eigenvalue weighted by molar-refractivity contribution is 6.73. The van der Waals surface area contributed by atoms with Crippen molar-refractivity contribution in [2.45, 2.75) is 122 Å². The molecule has 1 saturated carbocycles. The van der Waals surface area contributed by atoms with Gasteiger partial charge in [-0.2, -0.15) is 0 Å². The van der Waals surface area contributed by atoms with Crippen molar-refractivity contribution in [1.29, 1.82) is 0 Å². The average molecular weight is 652 g/mol. The predicted octanol–water partition coefficient (Wildman–Crippen LogP) is 8.64. The number of esters is 1. The second-order valence-corrected chi connectivity index (χ2v) is 18.0. The van der Waals surface area contributed by atoms with E-state index in [0.29, 0.717) is 17.8 Å². The van der Waals surface area contributed by atoms with Gasteiger partial charge in [0.2, 0.25) is 0 Å². The van der Waals surface area contributed by atoms with Gasteiger partial charge in [-0.15, -0.1) is 0 Å². The van der Waals surface area contributed by atoms with Crippen molar-refractivity contribution < 1.29 is 28.2 Å². The molecule has 0 radical (unpaired) electrons. The first-order valence-corrected chi connectivity index (χ1v) is 20.4. The molecule has 0 aliphatic heterocycles. The maximum atomic E-state index is 12.5.